The van der Waals surface area contributed by atoms with E-state index in [0.29, 0.717) is 6.04 Å². The van der Waals surface area contributed by atoms with E-state index in [1.807, 2.05) is 0 Å². The number of hydrogen-bond donors (Lipinski definition) is 2. The first kappa shape index (κ1) is 11.0. The largest absolute Gasteiger partial charge is 0.315 e. The monoisotopic (exact) mass is 184 g/mol. The summed E-state index contributed by atoms with van der Waals surface area (Å²) in [5.74, 6) is 1.09. The summed E-state index contributed by atoms with van der Waals surface area (Å²) in [5.41, 5.74) is 0. The molecular formula is C11H24N2. The van der Waals surface area contributed by atoms with Gasteiger partial charge in [0.25, 0.3) is 0 Å². The van der Waals surface area contributed by atoms with E-state index in [1.165, 1.54) is 32.2 Å². The third-order valence-corrected chi connectivity index (χ3v) is 2.52. The van der Waals surface area contributed by atoms with Crippen LogP contribution in [-0.2, 0) is 0 Å². The number of nitrogens with one attached hydrogen (secondary N) is 2. The van der Waals surface area contributed by atoms with Gasteiger partial charge in [0.15, 0.2) is 0 Å². The summed E-state index contributed by atoms with van der Waals surface area (Å²) < 4.78 is 0. The van der Waals surface area contributed by atoms with Crippen molar-refractivity contribution in [2.75, 3.05) is 19.6 Å². The Morgan fingerprint density at radius 3 is 2.54 bits per heavy atom. The maximum Gasteiger partial charge on any atom is 0.00790 e. The number of rotatable bonds is 8. The topological polar surface area (TPSA) is 24.1 Å². The molecule has 0 unspecified atom stereocenters. The zero-order chi connectivity index (χ0) is 9.52. The maximum absolute atomic E-state index is 3.46. The third kappa shape index (κ3) is 7.03. The van der Waals surface area contributed by atoms with Crippen LogP contribution in [-0.4, -0.2) is 25.7 Å². The van der Waals surface area contributed by atoms with E-state index < -0.39 is 0 Å². The van der Waals surface area contributed by atoms with Gasteiger partial charge in [-0.1, -0.05) is 26.7 Å². The van der Waals surface area contributed by atoms with Gasteiger partial charge in [0.2, 0.25) is 0 Å². The molecule has 2 nitrogen and oxygen atoms in total. The Morgan fingerprint density at radius 1 is 1.15 bits per heavy atom. The Bertz CT molecular complexity index is 113. The van der Waals surface area contributed by atoms with Crippen LogP contribution in [0.15, 0.2) is 0 Å². The molecule has 2 heteroatoms. The van der Waals surface area contributed by atoms with Crippen LogP contribution in [0.25, 0.3) is 0 Å². The Kier molecular flexibility index (Phi) is 5.40. The summed E-state index contributed by atoms with van der Waals surface area (Å²) in [6.45, 7) is 7.79. The summed E-state index contributed by atoms with van der Waals surface area (Å²) in [4.78, 5) is 0. The van der Waals surface area contributed by atoms with Crippen LogP contribution in [0.4, 0.5) is 0 Å². The van der Waals surface area contributed by atoms with E-state index >= 15 is 0 Å². The zero-order valence-electron chi connectivity index (χ0n) is 9.10. The van der Waals surface area contributed by atoms with Gasteiger partial charge in [-0.3, -0.25) is 0 Å². The van der Waals surface area contributed by atoms with Gasteiger partial charge in [-0.2, -0.15) is 0 Å². The third-order valence-electron chi connectivity index (χ3n) is 2.52. The van der Waals surface area contributed by atoms with Crippen molar-refractivity contribution in [3.05, 3.63) is 0 Å². The molecule has 1 saturated carbocycles. The van der Waals surface area contributed by atoms with Crippen LogP contribution in [0.2, 0.25) is 0 Å². The van der Waals surface area contributed by atoms with Gasteiger partial charge in [-0.15, -0.1) is 0 Å². The van der Waals surface area contributed by atoms with Crippen molar-refractivity contribution >= 4 is 0 Å². The lowest BCUT2D eigenvalue weighted by molar-refractivity contribution is 0.539. The zero-order valence-corrected chi connectivity index (χ0v) is 9.10. The number of hydrogen-bond acceptors (Lipinski definition) is 2. The molecule has 0 aromatic rings. The lowest BCUT2D eigenvalue weighted by atomic mass is 10.2. The molecule has 2 N–H and O–H groups in total. The van der Waals surface area contributed by atoms with E-state index in [-0.39, 0.29) is 0 Å². The van der Waals surface area contributed by atoms with Gasteiger partial charge in [0.1, 0.15) is 0 Å². The minimum absolute atomic E-state index is 0.619. The summed E-state index contributed by atoms with van der Waals surface area (Å²) in [6, 6.07) is 0.619. The average Bonchev–Trinajstić information content (AvgIpc) is 2.86. The van der Waals surface area contributed by atoms with Crippen LogP contribution in [0.5, 0.6) is 0 Å². The van der Waals surface area contributed by atoms with Crippen LogP contribution in [0, 0.1) is 5.92 Å². The predicted octanol–water partition coefficient (Wildman–Crippen LogP) is 1.76. The Labute approximate surface area is 82.5 Å². The Hall–Kier alpha value is -0.0800. The molecule has 0 spiro atoms. The molecule has 0 aromatic carbocycles. The van der Waals surface area contributed by atoms with E-state index in [1.54, 1.807) is 0 Å². The predicted molar refractivity (Wildman–Crippen MR) is 58.0 cm³/mol. The van der Waals surface area contributed by atoms with Crippen molar-refractivity contribution in [1.82, 2.24) is 10.6 Å². The molecule has 1 rings (SSSR count). The molecular weight excluding hydrogens is 160 g/mol. The highest BCUT2D eigenvalue weighted by molar-refractivity contribution is 4.72. The fraction of sp³-hybridized carbons (Fsp3) is 1.00. The standard InChI is InChI=1S/C11H24N2/c1-10(2)13-9-8-12-7-3-4-11-5-6-11/h10-13H,3-9H2,1-2H3. The molecule has 0 saturated heterocycles. The second kappa shape index (κ2) is 6.39. The van der Waals surface area contributed by atoms with Crippen LogP contribution >= 0.6 is 0 Å². The molecule has 1 fully saturated rings. The minimum Gasteiger partial charge on any atom is -0.315 e. The van der Waals surface area contributed by atoms with Gasteiger partial charge in [-0.25, -0.2) is 0 Å². The molecule has 0 bridgehead atoms. The molecule has 0 radical (unpaired) electrons. The van der Waals surface area contributed by atoms with Crippen molar-refractivity contribution in [2.24, 2.45) is 5.92 Å². The van der Waals surface area contributed by atoms with Gasteiger partial charge in [0, 0.05) is 19.1 Å². The van der Waals surface area contributed by atoms with E-state index in [2.05, 4.69) is 24.5 Å². The minimum atomic E-state index is 0.619. The second-order valence-electron chi connectivity index (χ2n) is 4.44. The maximum atomic E-state index is 3.46. The fourth-order valence-corrected chi connectivity index (χ4v) is 1.50. The SMILES string of the molecule is CC(C)NCCNCCCC1CC1. The lowest BCUT2D eigenvalue weighted by Gasteiger charge is -2.08. The van der Waals surface area contributed by atoms with Crippen LogP contribution in [0.3, 0.4) is 0 Å². The van der Waals surface area contributed by atoms with Crippen molar-refractivity contribution in [2.45, 2.75) is 45.6 Å². The summed E-state index contributed by atoms with van der Waals surface area (Å²) in [5, 5.41) is 6.86. The summed E-state index contributed by atoms with van der Waals surface area (Å²) in [7, 11) is 0. The van der Waals surface area contributed by atoms with Crippen molar-refractivity contribution in [3.63, 3.8) is 0 Å². The molecule has 0 aliphatic heterocycles. The van der Waals surface area contributed by atoms with E-state index in [0.717, 1.165) is 19.0 Å². The Morgan fingerprint density at radius 2 is 1.92 bits per heavy atom. The summed E-state index contributed by atoms with van der Waals surface area (Å²) >= 11 is 0. The molecule has 0 aromatic heterocycles. The highest BCUT2D eigenvalue weighted by atomic mass is 14.9. The first-order valence-corrected chi connectivity index (χ1v) is 5.73. The molecule has 1 aliphatic rings. The van der Waals surface area contributed by atoms with Crippen LogP contribution in [0.1, 0.15) is 39.5 Å². The Balaban J connectivity index is 1.68. The van der Waals surface area contributed by atoms with Crippen molar-refractivity contribution < 1.29 is 0 Å². The highest BCUT2D eigenvalue weighted by Crippen LogP contribution is 2.33. The van der Waals surface area contributed by atoms with Crippen molar-refractivity contribution in [3.8, 4) is 0 Å². The van der Waals surface area contributed by atoms with Crippen LogP contribution < -0.4 is 10.6 Å². The second-order valence-corrected chi connectivity index (χ2v) is 4.44. The molecule has 1 aliphatic carbocycles. The molecule has 13 heavy (non-hydrogen) atoms. The van der Waals surface area contributed by atoms with E-state index in [4.69, 9.17) is 0 Å². The van der Waals surface area contributed by atoms with Gasteiger partial charge in [0.05, 0.1) is 0 Å². The first-order chi connectivity index (χ1) is 6.29. The molecule has 78 valence electrons. The van der Waals surface area contributed by atoms with Gasteiger partial charge < -0.3 is 10.6 Å². The normalized spacial score (nSPS) is 16.8. The molecule has 0 amide bonds. The quantitative estimate of drug-likeness (QED) is 0.562. The average molecular weight is 184 g/mol. The first-order valence-electron chi connectivity index (χ1n) is 5.73. The lowest BCUT2D eigenvalue weighted by Crippen LogP contribution is -2.32. The van der Waals surface area contributed by atoms with Gasteiger partial charge in [-0.05, 0) is 25.3 Å². The fourth-order valence-electron chi connectivity index (χ4n) is 1.50. The van der Waals surface area contributed by atoms with E-state index in [9.17, 15) is 0 Å². The highest BCUT2D eigenvalue weighted by Gasteiger charge is 2.19. The molecule has 0 heterocycles. The summed E-state index contributed by atoms with van der Waals surface area (Å²) in [6.07, 6.45) is 5.81. The van der Waals surface area contributed by atoms with Gasteiger partial charge >= 0.3 is 0 Å². The van der Waals surface area contributed by atoms with Crippen molar-refractivity contribution in [1.29, 1.82) is 0 Å². The smallest absolute Gasteiger partial charge is 0.00790 e. The molecule has 0 atom stereocenters.